The lowest BCUT2D eigenvalue weighted by Gasteiger charge is -2.18. The van der Waals surface area contributed by atoms with Crippen molar-refractivity contribution in [1.82, 2.24) is 3.97 Å². The fourth-order valence-corrected chi connectivity index (χ4v) is 4.29. The van der Waals surface area contributed by atoms with Gasteiger partial charge in [-0.1, -0.05) is 0 Å². The van der Waals surface area contributed by atoms with Gasteiger partial charge in [0.05, 0.1) is 17.3 Å². The molecule has 0 spiro atoms. The normalized spacial score (nSPS) is 11.3. The van der Waals surface area contributed by atoms with Crippen LogP contribution in [0.3, 0.4) is 0 Å². The Morgan fingerprint density at radius 2 is 1.68 bits per heavy atom. The lowest BCUT2D eigenvalue weighted by Crippen LogP contribution is -2.18. The molecule has 0 atom stereocenters. The van der Waals surface area contributed by atoms with E-state index in [4.69, 9.17) is 11.6 Å². The van der Waals surface area contributed by atoms with E-state index in [1.165, 1.54) is 10.2 Å². The minimum atomic E-state index is -3.77. The van der Waals surface area contributed by atoms with Crippen LogP contribution in [-0.4, -0.2) is 33.5 Å². The van der Waals surface area contributed by atoms with Crippen LogP contribution < -0.4 is 16.0 Å². The van der Waals surface area contributed by atoms with Crippen LogP contribution in [0.5, 0.6) is 0 Å². The molecule has 0 aliphatic carbocycles. The molecular weight excluding hydrogens is 324 g/mol. The third kappa shape index (κ3) is 2.74. The van der Waals surface area contributed by atoms with E-state index in [9.17, 15) is 8.42 Å². The van der Waals surface area contributed by atoms with E-state index in [1.807, 2.05) is 0 Å². The first-order chi connectivity index (χ1) is 10.5. The van der Waals surface area contributed by atoms with Gasteiger partial charge in [0.2, 0.25) is 0 Å². The molecule has 0 fully saturated rings. The Balaban J connectivity index is 2.75. The third-order valence-corrected chi connectivity index (χ3v) is 5.47. The van der Waals surface area contributed by atoms with Gasteiger partial charge < -0.3 is 16.0 Å². The molecule has 120 valence electrons. The maximum absolute atomic E-state index is 13.0. The Bertz CT molecular complexity index is 746. The van der Waals surface area contributed by atoms with Crippen LogP contribution in [0.2, 0.25) is 0 Å². The monoisotopic (exact) mass is 342 g/mol. The highest BCUT2D eigenvalue weighted by Gasteiger charge is 2.26. The van der Waals surface area contributed by atoms with Gasteiger partial charge in [-0.2, -0.15) is 0 Å². The Kier molecular flexibility index (Phi) is 4.87. The highest BCUT2D eigenvalue weighted by Crippen LogP contribution is 2.35. The molecule has 0 amide bonds. The third-order valence-electron chi connectivity index (χ3n) is 3.36. The summed E-state index contributed by atoms with van der Waals surface area (Å²) in [7, 11) is 1.38. The van der Waals surface area contributed by atoms with Crippen molar-refractivity contribution >= 4 is 38.7 Å². The largest absolute Gasteiger partial charge is 0.388 e. The van der Waals surface area contributed by atoms with Crippen molar-refractivity contribution < 1.29 is 8.42 Å². The molecule has 1 heterocycles. The molecule has 0 bridgehead atoms. The van der Waals surface area contributed by atoms with Crippen molar-refractivity contribution in [3.63, 3.8) is 0 Å². The van der Waals surface area contributed by atoms with Crippen LogP contribution in [0.15, 0.2) is 35.4 Å². The van der Waals surface area contributed by atoms with Gasteiger partial charge >= 0.3 is 0 Å². The molecule has 0 radical (unpaired) electrons. The van der Waals surface area contributed by atoms with Gasteiger partial charge in [-0.25, -0.2) is 12.4 Å². The zero-order valence-electron chi connectivity index (χ0n) is 12.6. The van der Waals surface area contributed by atoms with Crippen LogP contribution in [0.25, 0.3) is 0 Å². The van der Waals surface area contributed by atoms with E-state index in [-0.39, 0.29) is 10.8 Å². The number of nitrogens with zero attached hydrogens (tertiary/aromatic N) is 1. The number of rotatable bonds is 6. The molecular formula is C14H19ClN4O2S. The second-order valence-corrected chi connectivity index (χ2v) is 6.60. The van der Waals surface area contributed by atoms with Crippen molar-refractivity contribution in [3.8, 4) is 0 Å². The van der Waals surface area contributed by atoms with Crippen molar-refractivity contribution in [3.05, 3.63) is 36.2 Å². The summed E-state index contributed by atoms with van der Waals surface area (Å²) in [6.45, 7) is 0. The molecule has 0 unspecified atom stereocenters. The first-order valence-electron chi connectivity index (χ1n) is 6.68. The average Bonchev–Trinajstić information content (AvgIpc) is 3.02. The van der Waals surface area contributed by atoms with Gasteiger partial charge in [0.1, 0.15) is 4.90 Å². The van der Waals surface area contributed by atoms with Crippen molar-refractivity contribution in [2.75, 3.05) is 37.1 Å². The van der Waals surface area contributed by atoms with E-state index < -0.39 is 10.0 Å². The number of alkyl halides is 1. The molecule has 2 aromatic rings. The minimum Gasteiger partial charge on any atom is -0.388 e. The fourth-order valence-electron chi connectivity index (χ4n) is 2.26. The van der Waals surface area contributed by atoms with E-state index in [0.29, 0.717) is 17.1 Å². The van der Waals surface area contributed by atoms with Gasteiger partial charge in [0.25, 0.3) is 10.0 Å². The second kappa shape index (κ2) is 6.50. The molecule has 0 saturated heterocycles. The van der Waals surface area contributed by atoms with Gasteiger partial charge in [0.15, 0.2) is 0 Å². The van der Waals surface area contributed by atoms with E-state index in [2.05, 4.69) is 16.0 Å². The topological polar surface area (TPSA) is 75.2 Å². The zero-order valence-corrected chi connectivity index (χ0v) is 14.2. The standard InChI is InChI=1S/C14H19ClN4O2S/c1-16-10-7-12(17-2)14(13(8-10)18-3)22(20,21)19-6-4-5-11(19)9-15/h4-8,16-18H,9H2,1-3H3. The Morgan fingerprint density at radius 1 is 1.09 bits per heavy atom. The second-order valence-electron chi connectivity index (χ2n) is 4.58. The molecule has 6 nitrogen and oxygen atoms in total. The molecule has 1 aromatic heterocycles. The number of hydrogen-bond acceptors (Lipinski definition) is 5. The summed E-state index contributed by atoms with van der Waals surface area (Å²) in [5.74, 6) is 0.116. The molecule has 8 heteroatoms. The molecule has 0 aliphatic rings. The predicted octanol–water partition coefficient (Wildman–Crippen LogP) is 2.59. The number of anilines is 3. The van der Waals surface area contributed by atoms with Gasteiger partial charge in [-0.05, 0) is 24.3 Å². The quantitative estimate of drug-likeness (QED) is 0.703. The Labute approximate surface area is 135 Å². The maximum Gasteiger partial charge on any atom is 0.272 e. The summed E-state index contributed by atoms with van der Waals surface area (Å²) in [6, 6.07) is 6.84. The van der Waals surface area contributed by atoms with Crippen LogP contribution in [0.1, 0.15) is 5.69 Å². The highest BCUT2D eigenvalue weighted by atomic mass is 35.5. The smallest absolute Gasteiger partial charge is 0.272 e. The zero-order chi connectivity index (χ0) is 16.3. The van der Waals surface area contributed by atoms with Crippen molar-refractivity contribution in [2.24, 2.45) is 0 Å². The number of aromatic nitrogens is 1. The van der Waals surface area contributed by atoms with Crippen LogP contribution in [0, 0.1) is 0 Å². The van der Waals surface area contributed by atoms with Gasteiger partial charge in [0, 0.05) is 38.7 Å². The maximum atomic E-state index is 13.0. The lowest BCUT2D eigenvalue weighted by molar-refractivity contribution is 0.587. The highest BCUT2D eigenvalue weighted by molar-refractivity contribution is 7.90. The van der Waals surface area contributed by atoms with Crippen LogP contribution in [0.4, 0.5) is 17.1 Å². The minimum absolute atomic E-state index is 0.116. The molecule has 3 N–H and O–H groups in total. The average molecular weight is 343 g/mol. The number of benzene rings is 1. The van der Waals surface area contributed by atoms with Crippen LogP contribution >= 0.6 is 11.6 Å². The number of nitrogens with one attached hydrogen (secondary N) is 3. The first-order valence-corrected chi connectivity index (χ1v) is 8.66. The summed E-state index contributed by atoms with van der Waals surface area (Å²) in [4.78, 5) is 0.180. The molecule has 2 rings (SSSR count). The predicted molar refractivity (Wildman–Crippen MR) is 91.7 cm³/mol. The Morgan fingerprint density at radius 3 is 2.14 bits per heavy atom. The SMILES string of the molecule is CNc1cc(NC)c(S(=O)(=O)n2cccc2CCl)c(NC)c1. The van der Waals surface area contributed by atoms with E-state index in [1.54, 1.807) is 45.4 Å². The molecule has 22 heavy (non-hydrogen) atoms. The number of halogens is 1. The van der Waals surface area contributed by atoms with Crippen LogP contribution in [-0.2, 0) is 15.9 Å². The number of hydrogen-bond donors (Lipinski definition) is 3. The Hall–Kier alpha value is -1.86. The fraction of sp³-hybridized carbons (Fsp3) is 0.286. The summed E-state index contributed by atoms with van der Waals surface area (Å²) in [5, 5.41) is 8.90. The van der Waals surface area contributed by atoms with Gasteiger partial charge in [-0.15, -0.1) is 11.6 Å². The summed E-state index contributed by atoms with van der Waals surface area (Å²) in [5.41, 5.74) is 2.33. The summed E-state index contributed by atoms with van der Waals surface area (Å²) >= 11 is 5.84. The van der Waals surface area contributed by atoms with E-state index >= 15 is 0 Å². The first kappa shape index (κ1) is 16.5. The van der Waals surface area contributed by atoms with Crippen molar-refractivity contribution in [1.29, 1.82) is 0 Å². The summed E-state index contributed by atoms with van der Waals surface area (Å²) in [6.07, 6.45) is 1.50. The lowest BCUT2D eigenvalue weighted by atomic mass is 10.2. The molecule has 1 aromatic carbocycles. The molecule has 0 aliphatic heterocycles. The van der Waals surface area contributed by atoms with Gasteiger partial charge in [-0.3, -0.25) is 0 Å². The van der Waals surface area contributed by atoms with Crippen molar-refractivity contribution in [2.45, 2.75) is 10.8 Å². The molecule has 0 saturated carbocycles. The summed E-state index contributed by atoms with van der Waals surface area (Å²) < 4.78 is 27.3. The van der Waals surface area contributed by atoms with E-state index in [0.717, 1.165) is 5.69 Å².